The van der Waals surface area contributed by atoms with Gasteiger partial charge in [-0.05, 0) is 83.8 Å². The van der Waals surface area contributed by atoms with Gasteiger partial charge < -0.3 is 10.2 Å². The fraction of sp³-hybridized carbons (Fsp3) is 0.316. The molecule has 24 heavy (non-hydrogen) atoms. The van der Waals surface area contributed by atoms with Gasteiger partial charge in [-0.1, -0.05) is 6.92 Å². The van der Waals surface area contributed by atoms with E-state index in [1.807, 2.05) is 46.9 Å². The van der Waals surface area contributed by atoms with Gasteiger partial charge in [-0.25, -0.2) is 4.39 Å². The van der Waals surface area contributed by atoms with E-state index in [1.54, 1.807) is 0 Å². The highest BCUT2D eigenvalue weighted by Gasteiger charge is 2.16. The Balaban J connectivity index is 1.66. The Kier molecular flexibility index (Phi) is 5.38. The first kappa shape index (κ1) is 17.2. The van der Waals surface area contributed by atoms with E-state index in [-0.39, 0.29) is 11.7 Å². The minimum absolute atomic E-state index is 0.223. The molecule has 0 saturated carbocycles. The molecule has 0 spiro atoms. The summed E-state index contributed by atoms with van der Waals surface area (Å²) < 4.78 is 13.7. The van der Waals surface area contributed by atoms with E-state index in [0.29, 0.717) is 9.13 Å². The van der Waals surface area contributed by atoms with Crippen molar-refractivity contribution in [3.8, 4) is 0 Å². The molecule has 0 unspecified atom stereocenters. The summed E-state index contributed by atoms with van der Waals surface area (Å²) in [6.45, 7) is 4.47. The van der Waals surface area contributed by atoms with Crippen LogP contribution in [0.1, 0.15) is 30.1 Å². The van der Waals surface area contributed by atoms with Gasteiger partial charge in [-0.3, -0.25) is 4.79 Å². The van der Waals surface area contributed by atoms with Crippen LogP contribution in [0.4, 0.5) is 15.8 Å². The molecule has 3 rings (SSSR count). The van der Waals surface area contributed by atoms with Gasteiger partial charge in [-0.2, -0.15) is 0 Å². The van der Waals surface area contributed by atoms with Gasteiger partial charge in [0.1, 0.15) is 5.82 Å². The quantitative estimate of drug-likeness (QED) is 0.691. The van der Waals surface area contributed by atoms with E-state index >= 15 is 0 Å². The van der Waals surface area contributed by atoms with E-state index in [4.69, 9.17) is 0 Å². The number of nitrogens with one attached hydrogen (secondary N) is 1. The number of rotatable bonds is 3. The Morgan fingerprint density at radius 2 is 1.83 bits per heavy atom. The lowest BCUT2D eigenvalue weighted by molar-refractivity contribution is 0.102. The van der Waals surface area contributed by atoms with E-state index in [0.717, 1.165) is 24.7 Å². The molecule has 1 N–H and O–H groups in total. The minimum Gasteiger partial charge on any atom is -0.372 e. The van der Waals surface area contributed by atoms with Gasteiger partial charge in [0.2, 0.25) is 0 Å². The molecular formula is C19H20FIN2O. The monoisotopic (exact) mass is 438 g/mol. The van der Waals surface area contributed by atoms with Crippen LogP contribution in [0.25, 0.3) is 0 Å². The standard InChI is InChI=1S/C19H20FIN2O/c1-13-8-10-23(11-9-13)16-5-3-15(4-6-16)22-19(24)17-7-2-14(20)12-18(17)21/h2-7,12-13H,8-11H2,1H3,(H,22,24). The first-order chi connectivity index (χ1) is 11.5. The number of hydrogen-bond acceptors (Lipinski definition) is 2. The van der Waals surface area contributed by atoms with Crippen molar-refractivity contribution in [2.75, 3.05) is 23.3 Å². The first-order valence-corrected chi connectivity index (χ1v) is 9.22. The fourth-order valence-electron chi connectivity index (χ4n) is 2.89. The summed E-state index contributed by atoms with van der Waals surface area (Å²) in [4.78, 5) is 14.7. The molecular weight excluding hydrogens is 418 g/mol. The van der Waals surface area contributed by atoms with Gasteiger partial charge >= 0.3 is 0 Å². The summed E-state index contributed by atoms with van der Waals surface area (Å²) >= 11 is 1.97. The number of benzene rings is 2. The van der Waals surface area contributed by atoms with Crippen molar-refractivity contribution in [3.63, 3.8) is 0 Å². The van der Waals surface area contributed by atoms with Gasteiger partial charge in [0.05, 0.1) is 5.56 Å². The molecule has 0 atom stereocenters. The fourth-order valence-corrected chi connectivity index (χ4v) is 3.62. The number of anilines is 2. The topological polar surface area (TPSA) is 32.3 Å². The molecule has 0 radical (unpaired) electrons. The number of amides is 1. The third-order valence-electron chi connectivity index (χ3n) is 4.45. The SMILES string of the molecule is CC1CCN(c2ccc(NC(=O)c3ccc(F)cc3I)cc2)CC1. The van der Waals surface area contributed by atoms with Crippen LogP contribution < -0.4 is 10.2 Å². The Labute approximate surface area is 155 Å². The largest absolute Gasteiger partial charge is 0.372 e. The third-order valence-corrected chi connectivity index (χ3v) is 5.34. The zero-order chi connectivity index (χ0) is 17.1. The zero-order valence-corrected chi connectivity index (χ0v) is 15.7. The number of carbonyl (C=O) groups is 1. The molecule has 1 heterocycles. The average Bonchev–Trinajstić information content (AvgIpc) is 2.56. The predicted octanol–water partition coefficient (Wildman–Crippen LogP) is 4.92. The van der Waals surface area contributed by atoms with Crippen LogP contribution >= 0.6 is 22.6 Å². The van der Waals surface area contributed by atoms with Crippen LogP contribution in [0.5, 0.6) is 0 Å². The molecule has 1 aliphatic heterocycles. The summed E-state index contributed by atoms with van der Waals surface area (Å²) in [5, 5.41) is 2.87. The van der Waals surface area contributed by atoms with E-state index < -0.39 is 0 Å². The second kappa shape index (κ2) is 7.51. The molecule has 3 nitrogen and oxygen atoms in total. The second-order valence-corrected chi connectivity index (χ2v) is 7.46. The summed E-state index contributed by atoms with van der Waals surface area (Å²) in [5.74, 6) is 0.244. The number of halogens is 2. The van der Waals surface area contributed by atoms with Crippen molar-refractivity contribution < 1.29 is 9.18 Å². The molecule has 1 amide bonds. The average molecular weight is 438 g/mol. The van der Waals surface area contributed by atoms with E-state index in [2.05, 4.69) is 17.1 Å². The molecule has 126 valence electrons. The highest BCUT2D eigenvalue weighted by Crippen LogP contribution is 2.24. The van der Waals surface area contributed by atoms with Gasteiger partial charge in [0, 0.05) is 28.0 Å². The Bertz CT molecular complexity index is 725. The first-order valence-electron chi connectivity index (χ1n) is 8.14. The number of piperidine rings is 1. The molecule has 0 aromatic heterocycles. The second-order valence-electron chi connectivity index (χ2n) is 6.29. The van der Waals surface area contributed by atoms with Crippen molar-refractivity contribution in [1.82, 2.24) is 0 Å². The number of nitrogens with zero attached hydrogens (tertiary/aromatic N) is 1. The van der Waals surface area contributed by atoms with Crippen LogP contribution in [0.3, 0.4) is 0 Å². The summed E-state index contributed by atoms with van der Waals surface area (Å²) in [7, 11) is 0. The van der Waals surface area contributed by atoms with Crippen LogP contribution in [-0.2, 0) is 0 Å². The van der Waals surface area contributed by atoms with Crippen LogP contribution in [-0.4, -0.2) is 19.0 Å². The highest BCUT2D eigenvalue weighted by molar-refractivity contribution is 14.1. The molecule has 0 aliphatic carbocycles. The maximum atomic E-state index is 13.1. The molecule has 0 bridgehead atoms. The van der Waals surface area contributed by atoms with Crippen molar-refractivity contribution in [1.29, 1.82) is 0 Å². The van der Waals surface area contributed by atoms with Crippen LogP contribution in [0.15, 0.2) is 42.5 Å². The van der Waals surface area contributed by atoms with Gasteiger partial charge in [0.15, 0.2) is 0 Å². The lowest BCUT2D eigenvalue weighted by atomic mass is 9.99. The molecule has 1 fully saturated rings. The zero-order valence-electron chi connectivity index (χ0n) is 13.6. The molecule has 5 heteroatoms. The van der Waals surface area contributed by atoms with Crippen molar-refractivity contribution in [3.05, 3.63) is 57.4 Å². The van der Waals surface area contributed by atoms with Crippen molar-refractivity contribution in [2.45, 2.75) is 19.8 Å². The third kappa shape index (κ3) is 4.06. The number of carbonyl (C=O) groups excluding carboxylic acids is 1. The van der Waals surface area contributed by atoms with E-state index in [9.17, 15) is 9.18 Å². The highest BCUT2D eigenvalue weighted by atomic mass is 127. The summed E-state index contributed by atoms with van der Waals surface area (Å²) in [5.41, 5.74) is 2.41. The van der Waals surface area contributed by atoms with Crippen LogP contribution in [0, 0.1) is 15.3 Å². The van der Waals surface area contributed by atoms with E-state index in [1.165, 1.54) is 36.7 Å². The Morgan fingerprint density at radius 1 is 1.17 bits per heavy atom. The van der Waals surface area contributed by atoms with Crippen molar-refractivity contribution >= 4 is 39.9 Å². The minimum atomic E-state index is -0.337. The number of hydrogen-bond donors (Lipinski definition) is 1. The maximum absolute atomic E-state index is 13.1. The molecule has 1 aliphatic rings. The molecule has 1 saturated heterocycles. The maximum Gasteiger partial charge on any atom is 0.256 e. The predicted molar refractivity (Wildman–Crippen MR) is 104 cm³/mol. The Hall–Kier alpha value is -1.63. The molecule has 2 aromatic rings. The smallest absolute Gasteiger partial charge is 0.256 e. The lowest BCUT2D eigenvalue weighted by Gasteiger charge is -2.32. The van der Waals surface area contributed by atoms with Crippen molar-refractivity contribution in [2.24, 2.45) is 5.92 Å². The lowest BCUT2D eigenvalue weighted by Crippen LogP contribution is -2.32. The van der Waals surface area contributed by atoms with Gasteiger partial charge in [0.25, 0.3) is 5.91 Å². The normalized spacial score (nSPS) is 15.4. The summed E-state index contributed by atoms with van der Waals surface area (Å²) in [6, 6.07) is 12.1. The van der Waals surface area contributed by atoms with Crippen LogP contribution in [0.2, 0.25) is 0 Å². The Morgan fingerprint density at radius 3 is 2.46 bits per heavy atom. The van der Waals surface area contributed by atoms with Gasteiger partial charge in [-0.15, -0.1) is 0 Å². The molecule has 2 aromatic carbocycles. The summed E-state index contributed by atoms with van der Waals surface area (Å²) in [6.07, 6.45) is 2.45.